The fourth-order valence-electron chi connectivity index (χ4n) is 7.02. The van der Waals surface area contributed by atoms with E-state index in [-0.39, 0.29) is 17.5 Å². The van der Waals surface area contributed by atoms with E-state index in [1.54, 1.807) is 62.8 Å². The zero-order valence-electron chi connectivity index (χ0n) is 23.1. The number of Topliss-reactive ketones (excluding diaryl/α,β-unsaturated/α-hetero) is 2. The van der Waals surface area contributed by atoms with Crippen LogP contribution in [0.15, 0.2) is 103 Å². The number of carbonyl (C=O) groups excluding carboxylic acids is 3. The molecule has 0 saturated carbocycles. The predicted octanol–water partition coefficient (Wildman–Crippen LogP) is 5.56. The van der Waals surface area contributed by atoms with Crippen molar-refractivity contribution in [3.05, 3.63) is 125 Å². The lowest BCUT2D eigenvalue weighted by Gasteiger charge is -2.37. The van der Waals surface area contributed by atoms with Crippen LogP contribution in [-0.2, 0) is 10.2 Å². The van der Waals surface area contributed by atoms with E-state index in [9.17, 15) is 14.4 Å². The first-order chi connectivity index (χ1) is 20.5. The molecule has 7 nitrogen and oxygen atoms in total. The number of nitrogens with zero attached hydrogens (tertiary/aromatic N) is 1. The van der Waals surface area contributed by atoms with Gasteiger partial charge >= 0.3 is 0 Å². The third-order valence-corrected chi connectivity index (χ3v) is 8.80. The Bertz CT molecular complexity index is 1800. The molecule has 1 saturated heterocycles. The highest BCUT2D eigenvalue weighted by Gasteiger charge is 2.70. The average Bonchev–Trinajstić information content (AvgIpc) is 3.52. The number of ketones is 2. The van der Waals surface area contributed by atoms with Crippen LogP contribution < -0.4 is 19.7 Å². The van der Waals surface area contributed by atoms with E-state index in [0.29, 0.717) is 33.9 Å². The zero-order chi connectivity index (χ0) is 29.0. The minimum atomic E-state index is -1.38. The summed E-state index contributed by atoms with van der Waals surface area (Å²) < 4.78 is 10.9. The van der Waals surface area contributed by atoms with E-state index in [1.165, 1.54) is 0 Å². The van der Waals surface area contributed by atoms with Crippen LogP contribution in [0.1, 0.15) is 31.8 Å². The second-order valence-electron chi connectivity index (χ2n) is 10.8. The van der Waals surface area contributed by atoms with Crippen LogP contribution in [0.3, 0.4) is 0 Å². The maximum Gasteiger partial charge on any atom is 0.238 e. The van der Waals surface area contributed by atoms with Gasteiger partial charge in [-0.3, -0.25) is 14.4 Å². The normalized spacial score (nSPS) is 23.1. The molecule has 3 heterocycles. The highest BCUT2D eigenvalue weighted by Crippen LogP contribution is 2.58. The molecule has 1 spiro atoms. The third kappa shape index (κ3) is 3.56. The van der Waals surface area contributed by atoms with Crippen molar-refractivity contribution in [2.75, 3.05) is 24.4 Å². The largest absolute Gasteiger partial charge is 0.497 e. The number of fused-ring (bicyclic) bond motifs is 6. The highest BCUT2D eigenvalue weighted by molar-refractivity contribution is 6.18. The highest BCUT2D eigenvalue weighted by atomic mass is 16.5. The standard InChI is InChI=1S/C35H28N2O5/c1-41-24-12-7-10-22(19-24)32(38)30-31(33(39)23-11-8-13-25(20-23)42-2)37-28-16-6-3-9-21(28)17-18-29(37)35(30)26-14-4-5-15-27(26)36-34(35)40/h3-20,29-31H,1-2H3,(H,36,40)/t29-,30+,31-,35-/m0/s1. The van der Waals surface area contributed by atoms with Crippen molar-refractivity contribution >= 4 is 34.9 Å². The molecule has 4 aromatic rings. The van der Waals surface area contributed by atoms with E-state index < -0.39 is 23.4 Å². The SMILES string of the molecule is COc1cccc(C(=O)[C@@H]2[C@H](C(=O)c3cccc(OC)c3)[C@@]3(C(=O)Nc4ccccc43)[C@@H]3C=Cc4ccccc4N23)c1. The lowest BCUT2D eigenvalue weighted by atomic mass is 9.64. The lowest BCUT2D eigenvalue weighted by Crippen LogP contribution is -2.51. The van der Waals surface area contributed by atoms with Gasteiger partial charge in [-0.2, -0.15) is 0 Å². The van der Waals surface area contributed by atoms with E-state index in [4.69, 9.17) is 9.47 Å². The number of carbonyl (C=O) groups is 3. The second kappa shape index (κ2) is 9.73. The number of rotatable bonds is 6. The number of ether oxygens (including phenoxy) is 2. The van der Waals surface area contributed by atoms with Gasteiger partial charge in [0.1, 0.15) is 23.0 Å². The Labute approximate surface area is 243 Å². The van der Waals surface area contributed by atoms with Gasteiger partial charge in [0, 0.05) is 22.5 Å². The number of hydrogen-bond acceptors (Lipinski definition) is 6. The van der Waals surface area contributed by atoms with Gasteiger partial charge in [-0.25, -0.2) is 0 Å². The van der Waals surface area contributed by atoms with Crippen molar-refractivity contribution in [3.8, 4) is 11.5 Å². The number of benzene rings is 4. The van der Waals surface area contributed by atoms with Gasteiger partial charge in [0.25, 0.3) is 0 Å². The number of para-hydroxylation sites is 2. The van der Waals surface area contributed by atoms with Crippen LogP contribution in [-0.4, -0.2) is 43.8 Å². The Kier molecular flexibility index (Phi) is 5.97. The molecule has 0 bridgehead atoms. The van der Waals surface area contributed by atoms with Gasteiger partial charge in [0.2, 0.25) is 5.91 Å². The quantitative estimate of drug-likeness (QED) is 0.313. The molecular weight excluding hydrogens is 528 g/mol. The Morgan fingerprint density at radius 3 is 2.14 bits per heavy atom. The second-order valence-corrected chi connectivity index (χ2v) is 10.8. The summed E-state index contributed by atoms with van der Waals surface area (Å²) in [6.07, 6.45) is 3.95. The van der Waals surface area contributed by atoms with Crippen molar-refractivity contribution in [3.63, 3.8) is 0 Å². The van der Waals surface area contributed by atoms with E-state index in [0.717, 1.165) is 11.3 Å². The van der Waals surface area contributed by atoms with Crippen molar-refractivity contribution < 1.29 is 23.9 Å². The summed E-state index contributed by atoms with van der Waals surface area (Å²) in [4.78, 5) is 46.1. The van der Waals surface area contributed by atoms with Crippen molar-refractivity contribution in [2.24, 2.45) is 5.92 Å². The van der Waals surface area contributed by atoms with Gasteiger partial charge in [-0.15, -0.1) is 0 Å². The summed E-state index contributed by atoms with van der Waals surface area (Å²) in [7, 11) is 3.09. The lowest BCUT2D eigenvalue weighted by molar-refractivity contribution is -0.121. The number of hydrogen-bond donors (Lipinski definition) is 1. The molecule has 1 fully saturated rings. The van der Waals surface area contributed by atoms with Gasteiger partial charge in [0.05, 0.1) is 26.2 Å². The average molecular weight is 557 g/mol. The molecule has 0 unspecified atom stereocenters. The predicted molar refractivity (Wildman–Crippen MR) is 160 cm³/mol. The Balaban J connectivity index is 1.53. The summed E-state index contributed by atoms with van der Waals surface area (Å²) in [6.45, 7) is 0. The molecule has 0 aliphatic carbocycles. The maximum atomic E-state index is 14.9. The molecule has 3 aliphatic rings. The van der Waals surface area contributed by atoms with Crippen LogP contribution in [0, 0.1) is 5.92 Å². The fraction of sp³-hybridized carbons (Fsp3) is 0.171. The summed E-state index contributed by atoms with van der Waals surface area (Å²) in [6, 6.07) is 27.5. The first kappa shape index (κ1) is 25.8. The summed E-state index contributed by atoms with van der Waals surface area (Å²) >= 11 is 0. The maximum absolute atomic E-state index is 14.9. The smallest absolute Gasteiger partial charge is 0.238 e. The molecular formula is C35H28N2O5. The van der Waals surface area contributed by atoms with Gasteiger partial charge in [0.15, 0.2) is 11.6 Å². The summed E-state index contributed by atoms with van der Waals surface area (Å²) in [5.74, 6) is -0.884. The number of methoxy groups -OCH3 is 2. The molecule has 208 valence electrons. The Morgan fingerprint density at radius 1 is 0.786 bits per heavy atom. The third-order valence-electron chi connectivity index (χ3n) is 8.80. The Hall–Kier alpha value is -5.17. The van der Waals surface area contributed by atoms with E-state index in [1.807, 2.05) is 65.6 Å². The van der Waals surface area contributed by atoms with Crippen LogP contribution in [0.5, 0.6) is 11.5 Å². The molecule has 7 rings (SSSR count). The number of anilines is 2. The first-order valence-corrected chi connectivity index (χ1v) is 13.8. The van der Waals surface area contributed by atoms with Crippen molar-refractivity contribution in [1.82, 2.24) is 0 Å². The summed E-state index contributed by atoms with van der Waals surface area (Å²) in [5.41, 5.74) is 2.45. The first-order valence-electron chi connectivity index (χ1n) is 13.8. The number of amides is 1. The monoisotopic (exact) mass is 556 g/mol. The summed E-state index contributed by atoms with van der Waals surface area (Å²) in [5, 5.41) is 3.06. The molecule has 1 N–H and O–H groups in total. The van der Waals surface area contributed by atoms with Crippen molar-refractivity contribution in [2.45, 2.75) is 17.5 Å². The van der Waals surface area contributed by atoms with Gasteiger partial charge in [-0.1, -0.05) is 72.8 Å². The fourth-order valence-corrected chi connectivity index (χ4v) is 7.02. The molecule has 7 heteroatoms. The zero-order valence-corrected chi connectivity index (χ0v) is 23.1. The van der Waals surface area contributed by atoms with Crippen molar-refractivity contribution in [1.29, 1.82) is 0 Å². The topological polar surface area (TPSA) is 84.9 Å². The van der Waals surface area contributed by atoms with Gasteiger partial charge < -0.3 is 19.7 Å². The molecule has 0 radical (unpaired) electrons. The van der Waals surface area contributed by atoms with Crippen LogP contribution >= 0.6 is 0 Å². The van der Waals surface area contributed by atoms with E-state index in [2.05, 4.69) is 5.32 Å². The van der Waals surface area contributed by atoms with Crippen LogP contribution in [0.4, 0.5) is 11.4 Å². The molecule has 0 aromatic heterocycles. The van der Waals surface area contributed by atoms with E-state index >= 15 is 0 Å². The molecule has 42 heavy (non-hydrogen) atoms. The van der Waals surface area contributed by atoms with Gasteiger partial charge in [-0.05, 0) is 47.5 Å². The molecule has 1 amide bonds. The molecule has 4 aromatic carbocycles. The Morgan fingerprint density at radius 2 is 1.43 bits per heavy atom. The minimum Gasteiger partial charge on any atom is -0.497 e. The number of nitrogens with one attached hydrogen (secondary N) is 1. The van der Waals surface area contributed by atoms with Crippen LogP contribution in [0.25, 0.3) is 6.08 Å². The molecule has 4 atom stereocenters. The molecule has 3 aliphatic heterocycles. The van der Waals surface area contributed by atoms with Crippen LogP contribution in [0.2, 0.25) is 0 Å². The minimum absolute atomic E-state index is 0.265.